The van der Waals surface area contributed by atoms with Crippen LogP contribution in [0.15, 0.2) is 211 Å². The number of fused-ring (bicyclic) bond motifs is 5. The van der Waals surface area contributed by atoms with Gasteiger partial charge in [0.25, 0.3) is 0 Å². The molecule has 0 radical (unpaired) electrons. The fraction of sp³-hybridized carbons (Fsp3) is 0. The predicted molar refractivity (Wildman–Crippen MR) is 233 cm³/mol. The minimum atomic E-state index is 0.631. The Kier molecular flexibility index (Phi) is 7.49. The smallest absolute Gasteiger partial charge is 0.227 e. The highest BCUT2D eigenvalue weighted by atomic mass is 16.3. The van der Waals surface area contributed by atoms with Gasteiger partial charge in [-0.25, -0.2) is 4.98 Å². The number of para-hydroxylation sites is 3. The zero-order chi connectivity index (χ0) is 37.0. The summed E-state index contributed by atoms with van der Waals surface area (Å²) in [6.45, 7) is 0. The van der Waals surface area contributed by atoms with Gasteiger partial charge in [0.2, 0.25) is 5.89 Å². The maximum absolute atomic E-state index is 6.05. The predicted octanol–water partition coefficient (Wildman–Crippen LogP) is 14.4. The van der Waals surface area contributed by atoms with Gasteiger partial charge in [0.05, 0.1) is 11.0 Å². The monoisotopic (exact) mass is 714 g/mol. The topological polar surface area (TPSA) is 31.0 Å². The first-order valence-corrected chi connectivity index (χ1v) is 19.0. The normalized spacial score (nSPS) is 11.6. The van der Waals surface area contributed by atoms with Crippen molar-refractivity contribution in [2.45, 2.75) is 0 Å². The van der Waals surface area contributed by atoms with Crippen molar-refractivity contribution in [3.05, 3.63) is 206 Å². The average Bonchev–Trinajstić information content (AvgIpc) is 3.86. The van der Waals surface area contributed by atoms with Crippen LogP contribution in [0, 0.1) is 0 Å². The third-order valence-electron chi connectivity index (χ3n) is 11.1. The standard InChI is InChI=1S/C53H34N2O/c1-2-14-41-35(12-1)13-11-20-44(41)39-30-33-51-48(34-39)47-19-7-9-22-50(47)55(51)40-31-28-37(29-32-40)43-16-4-6-18-46(43)45-17-5-3-15-42(45)36-24-26-38(27-25-36)53-54-49-21-8-10-23-52(49)56-53/h1-34H. The van der Waals surface area contributed by atoms with Gasteiger partial charge in [-0.3, -0.25) is 0 Å². The summed E-state index contributed by atoms with van der Waals surface area (Å²) in [5, 5.41) is 5.02. The van der Waals surface area contributed by atoms with Crippen molar-refractivity contribution >= 4 is 43.7 Å². The molecule has 9 aromatic carbocycles. The van der Waals surface area contributed by atoms with Crippen LogP contribution in [0.3, 0.4) is 0 Å². The Morgan fingerprint density at radius 2 is 0.893 bits per heavy atom. The molecule has 3 heteroatoms. The van der Waals surface area contributed by atoms with E-state index >= 15 is 0 Å². The van der Waals surface area contributed by atoms with Crippen LogP contribution < -0.4 is 0 Å². The second-order valence-electron chi connectivity index (χ2n) is 14.3. The van der Waals surface area contributed by atoms with Crippen molar-refractivity contribution in [2.24, 2.45) is 0 Å². The third kappa shape index (κ3) is 5.32. The van der Waals surface area contributed by atoms with E-state index in [1.807, 2.05) is 24.3 Å². The molecule has 2 heterocycles. The lowest BCUT2D eigenvalue weighted by atomic mass is 9.89. The lowest BCUT2D eigenvalue weighted by molar-refractivity contribution is 0.620. The summed E-state index contributed by atoms with van der Waals surface area (Å²) in [6, 6.07) is 73.7. The van der Waals surface area contributed by atoms with Gasteiger partial charge in [-0.1, -0.05) is 152 Å². The number of nitrogens with zero attached hydrogens (tertiary/aromatic N) is 2. The fourth-order valence-electron chi connectivity index (χ4n) is 8.41. The second-order valence-corrected chi connectivity index (χ2v) is 14.3. The van der Waals surface area contributed by atoms with Gasteiger partial charge in [0.1, 0.15) is 5.52 Å². The number of hydrogen-bond acceptors (Lipinski definition) is 2. The Morgan fingerprint density at radius 1 is 0.357 bits per heavy atom. The molecule has 11 aromatic rings. The van der Waals surface area contributed by atoms with Gasteiger partial charge in [0.15, 0.2) is 5.58 Å². The maximum Gasteiger partial charge on any atom is 0.227 e. The Morgan fingerprint density at radius 3 is 1.64 bits per heavy atom. The van der Waals surface area contributed by atoms with E-state index in [1.165, 1.54) is 71.5 Å². The molecule has 0 fully saturated rings. The van der Waals surface area contributed by atoms with E-state index in [4.69, 9.17) is 9.40 Å². The summed E-state index contributed by atoms with van der Waals surface area (Å²) >= 11 is 0. The summed E-state index contributed by atoms with van der Waals surface area (Å²) < 4.78 is 8.45. The third-order valence-corrected chi connectivity index (χ3v) is 11.1. The van der Waals surface area contributed by atoms with Gasteiger partial charge in [-0.05, 0) is 110 Å². The molecule has 56 heavy (non-hydrogen) atoms. The van der Waals surface area contributed by atoms with Crippen molar-refractivity contribution in [1.82, 2.24) is 9.55 Å². The first-order valence-electron chi connectivity index (χ1n) is 19.0. The van der Waals surface area contributed by atoms with Gasteiger partial charge in [0, 0.05) is 22.0 Å². The summed E-state index contributed by atoms with van der Waals surface area (Å²) in [4.78, 5) is 4.70. The minimum Gasteiger partial charge on any atom is -0.436 e. The number of aromatic nitrogens is 2. The molecule has 0 N–H and O–H groups in total. The molecule has 11 rings (SSSR count). The molecule has 0 saturated heterocycles. The number of oxazole rings is 1. The minimum absolute atomic E-state index is 0.631. The number of hydrogen-bond donors (Lipinski definition) is 0. The fourth-order valence-corrected chi connectivity index (χ4v) is 8.41. The Balaban J connectivity index is 0.960. The molecule has 0 amide bonds. The van der Waals surface area contributed by atoms with E-state index in [1.54, 1.807) is 0 Å². The van der Waals surface area contributed by atoms with Crippen LogP contribution in [-0.4, -0.2) is 9.55 Å². The summed E-state index contributed by atoms with van der Waals surface area (Å²) in [5.74, 6) is 0.631. The van der Waals surface area contributed by atoms with E-state index < -0.39 is 0 Å². The van der Waals surface area contributed by atoms with E-state index in [9.17, 15) is 0 Å². The molecular weight excluding hydrogens is 681 g/mol. The molecule has 0 aliphatic heterocycles. The van der Waals surface area contributed by atoms with E-state index in [0.717, 1.165) is 27.9 Å². The molecule has 0 bridgehead atoms. The van der Waals surface area contributed by atoms with Crippen LogP contribution in [0.1, 0.15) is 0 Å². The summed E-state index contributed by atoms with van der Waals surface area (Å²) in [7, 11) is 0. The van der Waals surface area contributed by atoms with Crippen molar-refractivity contribution in [2.75, 3.05) is 0 Å². The highest BCUT2D eigenvalue weighted by Crippen LogP contribution is 2.41. The van der Waals surface area contributed by atoms with Crippen LogP contribution in [-0.2, 0) is 0 Å². The Bertz CT molecular complexity index is 3200. The highest BCUT2D eigenvalue weighted by molar-refractivity contribution is 6.11. The SMILES string of the molecule is c1ccc(-c2ccccc2-c2ccc(-n3c4ccccc4c4cc(-c5cccc6ccccc56)ccc43)cc2)c(-c2ccc(-c3nc4ccccc4o3)cc2)c1. The first-order chi connectivity index (χ1) is 27.8. The van der Waals surface area contributed by atoms with E-state index in [0.29, 0.717) is 5.89 Å². The van der Waals surface area contributed by atoms with Crippen molar-refractivity contribution < 1.29 is 4.42 Å². The largest absolute Gasteiger partial charge is 0.436 e. The van der Waals surface area contributed by atoms with E-state index in [-0.39, 0.29) is 0 Å². The van der Waals surface area contributed by atoms with Crippen LogP contribution in [0.4, 0.5) is 0 Å². The highest BCUT2D eigenvalue weighted by Gasteiger charge is 2.17. The molecule has 0 saturated carbocycles. The molecule has 2 aromatic heterocycles. The summed E-state index contributed by atoms with van der Waals surface area (Å²) in [5.41, 5.74) is 15.7. The number of rotatable bonds is 6. The van der Waals surface area contributed by atoms with Gasteiger partial charge < -0.3 is 8.98 Å². The molecular formula is C53H34N2O. The second kappa shape index (κ2) is 13.1. The average molecular weight is 715 g/mol. The molecule has 3 nitrogen and oxygen atoms in total. The Hall–Kier alpha value is -7.49. The molecule has 262 valence electrons. The molecule has 0 aliphatic carbocycles. The number of benzene rings is 9. The van der Waals surface area contributed by atoms with Crippen LogP contribution in [0.25, 0.3) is 105 Å². The first kappa shape index (κ1) is 32.0. The van der Waals surface area contributed by atoms with Gasteiger partial charge >= 0.3 is 0 Å². The van der Waals surface area contributed by atoms with Crippen LogP contribution in [0.5, 0.6) is 0 Å². The van der Waals surface area contributed by atoms with E-state index in [2.05, 4.69) is 187 Å². The van der Waals surface area contributed by atoms with Crippen molar-refractivity contribution in [3.8, 4) is 61.6 Å². The molecule has 0 aliphatic rings. The van der Waals surface area contributed by atoms with Crippen molar-refractivity contribution in [1.29, 1.82) is 0 Å². The Labute approximate surface area is 324 Å². The van der Waals surface area contributed by atoms with Crippen LogP contribution >= 0.6 is 0 Å². The maximum atomic E-state index is 6.05. The molecule has 0 spiro atoms. The lowest BCUT2D eigenvalue weighted by Crippen LogP contribution is -1.94. The van der Waals surface area contributed by atoms with Crippen molar-refractivity contribution in [3.63, 3.8) is 0 Å². The quantitative estimate of drug-likeness (QED) is 0.172. The zero-order valence-electron chi connectivity index (χ0n) is 30.4. The molecule has 0 unspecified atom stereocenters. The molecule has 0 atom stereocenters. The van der Waals surface area contributed by atoms with Gasteiger partial charge in [-0.15, -0.1) is 0 Å². The van der Waals surface area contributed by atoms with Gasteiger partial charge in [-0.2, -0.15) is 0 Å². The zero-order valence-corrected chi connectivity index (χ0v) is 30.4. The summed E-state index contributed by atoms with van der Waals surface area (Å²) in [6.07, 6.45) is 0. The van der Waals surface area contributed by atoms with Crippen LogP contribution in [0.2, 0.25) is 0 Å². The lowest BCUT2D eigenvalue weighted by Gasteiger charge is -2.16.